The highest BCUT2D eigenvalue weighted by Gasteiger charge is 2.11. The highest BCUT2D eigenvalue weighted by atomic mass is 15.2. The van der Waals surface area contributed by atoms with E-state index < -0.39 is 0 Å². The van der Waals surface area contributed by atoms with E-state index in [-0.39, 0.29) is 0 Å². The normalized spacial score (nSPS) is 13.4. The van der Waals surface area contributed by atoms with E-state index in [1.807, 2.05) is 12.4 Å². The second-order valence-corrected chi connectivity index (χ2v) is 5.96. The van der Waals surface area contributed by atoms with Crippen LogP contribution in [0.15, 0.2) is 12.4 Å². The van der Waals surface area contributed by atoms with Crippen LogP contribution in [0.4, 0.5) is 0 Å². The first-order chi connectivity index (χ1) is 9.00. The van der Waals surface area contributed by atoms with Crippen molar-refractivity contribution in [2.24, 2.45) is 13.0 Å². The molecule has 1 unspecified atom stereocenters. The Morgan fingerprint density at radius 3 is 2.68 bits per heavy atom. The zero-order valence-electron chi connectivity index (χ0n) is 13.2. The minimum atomic E-state index is 0.595. The molecule has 4 heteroatoms. The molecule has 0 aliphatic rings. The van der Waals surface area contributed by atoms with Gasteiger partial charge in [-0.15, -0.1) is 0 Å². The summed E-state index contributed by atoms with van der Waals surface area (Å²) in [5, 5.41) is 3.50. The third kappa shape index (κ3) is 6.21. The molecule has 1 atom stereocenters. The van der Waals surface area contributed by atoms with Gasteiger partial charge in [-0.2, -0.15) is 0 Å². The van der Waals surface area contributed by atoms with Crippen LogP contribution >= 0.6 is 0 Å². The number of nitrogens with zero attached hydrogens (tertiary/aromatic N) is 3. The summed E-state index contributed by atoms with van der Waals surface area (Å²) >= 11 is 0. The molecule has 0 radical (unpaired) electrons. The SMILES string of the molecule is CC(C)CNCCCC(C)N(C)Cc1nccn1C. The van der Waals surface area contributed by atoms with E-state index in [9.17, 15) is 0 Å². The minimum Gasteiger partial charge on any atom is -0.337 e. The molecule has 0 fully saturated rings. The smallest absolute Gasteiger partial charge is 0.122 e. The highest BCUT2D eigenvalue weighted by Crippen LogP contribution is 2.08. The van der Waals surface area contributed by atoms with Gasteiger partial charge in [0.1, 0.15) is 5.82 Å². The number of hydrogen-bond acceptors (Lipinski definition) is 3. The summed E-state index contributed by atoms with van der Waals surface area (Å²) in [5.74, 6) is 1.87. The molecule has 1 aromatic rings. The number of aromatic nitrogens is 2. The summed E-state index contributed by atoms with van der Waals surface area (Å²) in [4.78, 5) is 6.76. The number of aryl methyl sites for hydroxylation is 1. The van der Waals surface area contributed by atoms with Gasteiger partial charge in [-0.1, -0.05) is 13.8 Å². The summed E-state index contributed by atoms with van der Waals surface area (Å²) in [6, 6.07) is 0.595. The van der Waals surface area contributed by atoms with Gasteiger partial charge in [0.15, 0.2) is 0 Å². The lowest BCUT2D eigenvalue weighted by Crippen LogP contribution is -2.30. The molecule has 1 rings (SSSR count). The molecule has 0 aliphatic carbocycles. The Labute approximate surface area is 118 Å². The van der Waals surface area contributed by atoms with Crippen LogP contribution < -0.4 is 5.32 Å². The maximum absolute atomic E-state index is 4.38. The molecular formula is C15H30N4. The van der Waals surface area contributed by atoms with Crippen LogP contribution in [0.2, 0.25) is 0 Å². The second-order valence-electron chi connectivity index (χ2n) is 5.96. The zero-order chi connectivity index (χ0) is 14.3. The van der Waals surface area contributed by atoms with E-state index in [4.69, 9.17) is 0 Å². The summed E-state index contributed by atoms with van der Waals surface area (Å²) in [6.07, 6.45) is 6.33. The predicted molar refractivity (Wildman–Crippen MR) is 81.1 cm³/mol. The molecule has 0 spiro atoms. The number of imidazole rings is 1. The predicted octanol–water partition coefficient (Wildman–Crippen LogP) is 2.27. The van der Waals surface area contributed by atoms with Crippen molar-refractivity contribution in [1.82, 2.24) is 19.8 Å². The Balaban J connectivity index is 2.18. The van der Waals surface area contributed by atoms with Gasteiger partial charge in [0, 0.05) is 25.5 Å². The number of nitrogens with one attached hydrogen (secondary N) is 1. The first-order valence-electron chi connectivity index (χ1n) is 7.38. The molecule has 0 bridgehead atoms. The van der Waals surface area contributed by atoms with Crippen LogP contribution in [0.1, 0.15) is 39.4 Å². The topological polar surface area (TPSA) is 33.1 Å². The van der Waals surface area contributed by atoms with Crippen molar-refractivity contribution in [2.75, 3.05) is 20.1 Å². The average molecular weight is 266 g/mol. The van der Waals surface area contributed by atoms with E-state index in [1.165, 1.54) is 12.8 Å². The van der Waals surface area contributed by atoms with Crippen molar-refractivity contribution < 1.29 is 0 Å². The Bertz CT molecular complexity index is 346. The third-order valence-electron chi connectivity index (χ3n) is 3.59. The van der Waals surface area contributed by atoms with Crippen LogP contribution in [0.25, 0.3) is 0 Å². The van der Waals surface area contributed by atoms with Gasteiger partial charge in [-0.05, 0) is 45.8 Å². The van der Waals surface area contributed by atoms with E-state index in [1.54, 1.807) is 0 Å². The fourth-order valence-electron chi connectivity index (χ4n) is 2.06. The maximum Gasteiger partial charge on any atom is 0.122 e. The van der Waals surface area contributed by atoms with Crippen LogP contribution in [-0.4, -0.2) is 40.6 Å². The fraction of sp³-hybridized carbons (Fsp3) is 0.800. The van der Waals surface area contributed by atoms with Crippen molar-refractivity contribution >= 4 is 0 Å². The molecule has 110 valence electrons. The zero-order valence-corrected chi connectivity index (χ0v) is 13.2. The summed E-state index contributed by atoms with van der Waals surface area (Å²) in [7, 11) is 4.23. The van der Waals surface area contributed by atoms with Crippen molar-refractivity contribution in [3.8, 4) is 0 Å². The molecule has 0 saturated carbocycles. The van der Waals surface area contributed by atoms with Gasteiger partial charge < -0.3 is 9.88 Å². The molecule has 0 amide bonds. The van der Waals surface area contributed by atoms with Crippen molar-refractivity contribution in [3.63, 3.8) is 0 Å². The average Bonchev–Trinajstić information content (AvgIpc) is 2.74. The second kappa shape index (κ2) is 8.33. The van der Waals surface area contributed by atoms with E-state index in [2.05, 4.69) is 54.6 Å². The van der Waals surface area contributed by atoms with Crippen molar-refractivity contribution in [1.29, 1.82) is 0 Å². The van der Waals surface area contributed by atoms with Crippen molar-refractivity contribution in [2.45, 2.75) is 46.2 Å². The van der Waals surface area contributed by atoms with E-state index in [0.29, 0.717) is 6.04 Å². The minimum absolute atomic E-state index is 0.595. The van der Waals surface area contributed by atoms with Gasteiger partial charge in [0.05, 0.1) is 6.54 Å². The summed E-state index contributed by atoms with van der Waals surface area (Å²) in [6.45, 7) is 9.96. The Kier molecular flexibility index (Phi) is 7.10. The standard InChI is InChI=1S/C15H30N4/c1-13(2)11-16-8-6-7-14(3)19(5)12-15-17-9-10-18(15)4/h9-10,13-14,16H,6-8,11-12H2,1-5H3. The summed E-state index contributed by atoms with van der Waals surface area (Å²) < 4.78 is 2.09. The quantitative estimate of drug-likeness (QED) is 0.696. The van der Waals surface area contributed by atoms with Gasteiger partial charge in [0.2, 0.25) is 0 Å². The number of rotatable bonds is 9. The maximum atomic E-state index is 4.38. The Hall–Kier alpha value is -0.870. The van der Waals surface area contributed by atoms with Crippen LogP contribution in [0, 0.1) is 5.92 Å². The lowest BCUT2D eigenvalue weighted by molar-refractivity contribution is 0.227. The molecule has 1 aromatic heterocycles. The van der Waals surface area contributed by atoms with Gasteiger partial charge in [-0.25, -0.2) is 4.98 Å². The molecule has 19 heavy (non-hydrogen) atoms. The molecule has 0 saturated heterocycles. The summed E-state index contributed by atoms with van der Waals surface area (Å²) in [5.41, 5.74) is 0. The molecule has 1 N–H and O–H groups in total. The van der Waals surface area contributed by atoms with E-state index >= 15 is 0 Å². The lowest BCUT2D eigenvalue weighted by atomic mass is 10.1. The molecule has 0 aromatic carbocycles. The Morgan fingerprint density at radius 2 is 2.11 bits per heavy atom. The fourth-order valence-corrected chi connectivity index (χ4v) is 2.06. The number of hydrogen-bond donors (Lipinski definition) is 1. The van der Waals surface area contributed by atoms with Gasteiger partial charge in [-0.3, -0.25) is 4.90 Å². The highest BCUT2D eigenvalue weighted by molar-refractivity contribution is 4.91. The van der Waals surface area contributed by atoms with Crippen LogP contribution in [0.5, 0.6) is 0 Å². The van der Waals surface area contributed by atoms with Crippen LogP contribution in [-0.2, 0) is 13.6 Å². The largest absolute Gasteiger partial charge is 0.337 e. The monoisotopic (exact) mass is 266 g/mol. The lowest BCUT2D eigenvalue weighted by Gasteiger charge is -2.24. The van der Waals surface area contributed by atoms with Gasteiger partial charge in [0.25, 0.3) is 0 Å². The van der Waals surface area contributed by atoms with Gasteiger partial charge >= 0.3 is 0 Å². The molecular weight excluding hydrogens is 236 g/mol. The molecule has 4 nitrogen and oxygen atoms in total. The van der Waals surface area contributed by atoms with Crippen molar-refractivity contribution in [3.05, 3.63) is 18.2 Å². The Morgan fingerprint density at radius 1 is 1.37 bits per heavy atom. The molecule has 0 aliphatic heterocycles. The van der Waals surface area contributed by atoms with E-state index in [0.717, 1.165) is 31.4 Å². The van der Waals surface area contributed by atoms with Crippen LogP contribution in [0.3, 0.4) is 0 Å². The first kappa shape index (κ1) is 16.2. The third-order valence-corrected chi connectivity index (χ3v) is 3.59. The first-order valence-corrected chi connectivity index (χ1v) is 7.38. The molecule has 1 heterocycles.